The fourth-order valence-corrected chi connectivity index (χ4v) is 3.13. The topological polar surface area (TPSA) is 24.9 Å². The molecule has 3 rings (SSSR count). The first-order chi connectivity index (χ1) is 9.79. The summed E-state index contributed by atoms with van der Waals surface area (Å²) < 4.78 is 15.2. The van der Waals surface area contributed by atoms with Crippen LogP contribution >= 0.6 is 11.3 Å². The van der Waals surface area contributed by atoms with Crippen LogP contribution in [0.3, 0.4) is 0 Å². The second-order valence-electron chi connectivity index (χ2n) is 4.58. The van der Waals surface area contributed by atoms with Crippen LogP contribution in [0, 0.1) is 5.82 Å². The molecule has 20 heavy (non-hydrogen) atoms. The smallest absolute Gasteiger partial charge is 0.128 e. The molecule has 0 radical (unpaired) electrons. The van der Waals surface area contributed by atoms with Gasteiger partial charge in [-0.05, 0) is 35.7 Å². The quantitative estimate of drug-likeness (QED) is 0.780. The summed E-state index contributed by atoms with van der Waals surface area (Å²) in [5, 5.41) is 5.36. The molecule has 1 N–H and O–H groups in total. The average molecular weight is 286 g/mol. The summed E-state index contributed by atoms with van der Waals surface area (Å²) in [5.41, 5.74) is 2.64. The largest absolute Gasteiger partial charge is 0.306 e. The molecule has 0 saturated carbocycles. The van der Waals surface area contributed by atoms with Gasteiger partial charge in [-0.3, -0.25) is 4.98 Å². The van der Waals surface area contributed by atoms with Crippen LogP contribution in [-0.2, 0) is 0 Å². The predicted octanol–water partition coefficient (Wildman–Crippen LogP) is 4.13. The third-order valence-electron chi connectivity index (χ3n) is 3.28. The van der Waals surface area contributed by atoms with E-state index in [4.69, 9.17) is 0 Å². The summed E-state index contributed by atoms with van der Waals surface area (Å²) in [4.78, 5) is 4.45. The van der Waals surface area contributed by atoms with Crippen molar-refractivity contribution in [2.75, 3.05) is 6.54 Å². The number of aromatic nitrogens is 1. The first kappa shape index (κ1) is 13.2. The molecule has 0 aliphatic rings. The predicted molar refractivity (Wildman–Crippen MR) is 81.5 cm³/mol. The second-order valence-corrected chi connectivity index (χ2v) is 5.53. The van der Waals surface area contributed by atoms with Gasteiger partial charge in [-0.15, -0.1) is 11.3 Å². The maximum absolute atomic E-state index is 14.0. The number of thiophene rings is 1. The molecule has 1 unspecified atom stereocenters. The molecule has 0 bridgehead atoms. The van der Waals surface area contributed by atoms with Gasteiger partial charge in [0.05, 0.1) is 16.3 Å². The minimum atomic E-state index is -0.190. The highest BCUT2D eigenvalue weighted by Gasteiger charge is 2.17. The number of hydrogen-bond acceptors (Lipinski definition) is 3. The van der Waals surface area contributed by atoms with Crippen LogP contribution in [0.2, 0.25) is 0 Å². The van der Waals surface area contributed by atoms with Crippen molar-refractivity contribution in [3.63, 3.8) is 0 Å². The van der Waals surface area contributed by atoms with Gasteiger partial charge in [0, 0.05) is 11.8 Å². The minimum absolute atomic E-state index is 0.166. The van der Waals surface area contributed by atoms with Crippen LogP contribution in [0.15, 0.2) is 48.0 Å². The lowest BCUT2D eigenvalue weighted by Crippen LogP contribution is -2.23. The Morgan fingerprint density at radius 3 is 2.95 bits per heavy atom. The molecule has 2 aromatic heterocycles. The van der Waals surface area contributed by atoms with Gasteiger partial charge in [-0.25, -0.2) is 4.39 Å². The van der Waals surface area contributed by atoms with E-state index in [9.17, 15) is 4.39 Å². The molecular formula is C16H15FN2S. The Hall–Kier alpha value is -1.78. The third-order valence-corrected chi connectivity index (χ3v) is 4.13. The third kappa shape index (κ3) is 2.44. The number of fused-ring (bicyclic) bond motifs is 1. The lowest BCUT2D eigenvalue weighted by Gasteiger charge is -2.19. The van der Waals surface area contributed by atoms with Gasteiger partial charge in [0.25, 0.3) is 0 Å². The van der Waals surface area contributed by atoms with Crippen LogP contribution in [0.25, 0.3) is 10.2 Å². The van der Waals surface area contributed by atoms with Crippen molar-refractivity contribution in [3.05, 3.63) is 64.9 Å². The molecule has 0 spiro atoms. The van der Waals surface area contributed by atoms with Crippen LogP contribution in [0.4, 0.5) is 4.39 Å². The SMILES string of the molecule is CCNC(c1cnc2ccsc2c1)c1ccccc1F. The summed E-state index contributed by atoms with van der Waals surface area (Å²) in [7, 11) is 0. The number of pyridine rings is 1. The van der Waals surface area contributed by atoms with E-state index in [1.54, 1.807) is 17.4 Å². The summed E-state index contributed by atoms with van der Waals surface area (Å²) in [6, 6.07) is 10.8. The Morgan fingerprint density at radius 2 is 2.15 bits per heavy atom. The summed E-state index contributed by atoms with van der Waals surface area (Å²) >= 11 is 1.65. The first-order valence-corrected chi connectivity index (χ1v) is 7.48. The molecule has 0 fully saturated rings. The standard InChI is InChI=1S/C16H15FN2S/c1-2-18-16(12-5-3-4-6-13(12)17)11-9-15-14(19-10-11)7-8-20-15/h3-10,16,18H,2H2,1H3. The van der Waals surface area contributed by atoms with Gasteiger partial charge in [0.2, 0.25) is 0 Å². The molecule has 2 nitrogen and oxygen atoms in total. The Bertz CT molecular complexity index is 723. The lowest BCUT2D eigenvalue weighted by molar-refractivity contribution is 0.558. The average Bonchev–Trinajstić information content (AvgIpc) is 2.93. The Labute approximate surface area is 121 Å². The number of hydrogen-bond donors (Lipinski definition) is 1. The van der Waals surface area contributed by atoms with Gasteiger partial charge in [-0.2, -0.15) is 0 Å². The zero-order valence-electron chi connectivity index (χ0n) is 11.1. The lowest BCUT2D eigenvalue weighted by atomic mass is 9.99. The highest BCUT2D eigenvalue weighted by Crippen LogP contribution is 2.27. The summed E-state index contributed by atoms with van der Waals surface area (Å²) in [6.45, 7) is 2.78. The Balaban J connectivity index is 2.07. The molecular weight excluding hydrogens is 271 g/mol. The van der Waals surface area contributed by atoms with Gasteiger partial charge in [-0.1, -0.05) is 25.1 Å². The van der Waals surface area contributed by atoms with Crippen LogP contribution < -0.4 is 5.32 Å². The highest BCUT2D eigenvalue weighted by atomic mass is 32.1. The van der Waals surface area contributed by atoms with Crippen LogP contribution in [0.1, 0.15) is 24.1 Å². The van der Waals surface area contributed by atoms with E-state index in [0.717, 1.165) is 22.3 Å². The van der Waals surface area contributed by atoms with Crippen molar-refractivity contribution in [2.24, 2.45) is 0 Å². The van der Waals surface area contributed by atoms with E-state index < -0.39 is 0 Å². The van der Waals surface area contributed by atoms with Gasteiger partial charge >= 0.3 is 0 Å². The zero-order valence-corrected chi connectivity index (χ0v) is 12.0. The van der Waals surface area contributed by atoms with E-state index in [2.05, 4.69) is 16.4 Å². The van der Waals surface area contributed by atoms with Crippen LogP contribution in [0.5, 0.6) is 0 Å². The Morgan fingerprint density at radius 1 is 1.30 bits per heavy atom. The first-order valence-electron chi connectivity index (χ1n) is 6.60. The fourth-order valence-electron chi connectivity index (χ4n) is 2.34. The van der Waals surface area contributed by atoms with E-state index in [1.165, 1.54) is 6.07 Å². The Kier molecular flexibility index (Phi) is 3.76. The monoisotopic (exact) mass is 286 g/mol. The van der Waals surface area contributed by atoms with Crippen molar-refractivity contribution in [2.45, 2.75) is 13.0 Å². The number of nitrogens with zero attached hydrogens (tertiary/aromatic N) is 1. The zero-order chi connectivity index (χ0) is 13.9. The molecule has 0 aliphatic carbocycles. The number of halogens is 1. The van der Waals surface area contributed by atoms with Crippen molar-refractivity contribution in [1.82, 2.24) is 10.3 Å². The minimum Gasteiger partial charge on any atom is -0.306 e. The van der Waals surface area contributed by atoms with Crippen molar-refractivity contribution < 1.29 is 4.39 Å². The molecule has 1 aromatic carbocycles. The molecule has 2 heterocycles. The van der Waals surface area contributed by atoms with Gasteiger partial charge in [0.15, 0.2) is 0 Å². The molecule has 0 aliphatic heterocycles. The summed E-state index contributed by atoms with van der Waals surface area (Å²) in [5.74, 6) is -0.190. The van der Waals surface area contributed by atoms with Crippen molar-refractivity contribution >= 4 is 21.6 Å². The maximum Gasteiger partial charge on any atom is 0.128 e. The molecule has 1 atom stereocenters. The fraction of sp³-hybridized carbons (Fsp3) is 0.188. The molecule has 0 amide bonds. The number of nitrogens with one attached hydrogen (secondary N) is 1. The van der Waals surface area contributed by atoms with Crippen molar-refractivity contribution in [1.29, 1.82) is 0 Å². The van der Waals surface area contributed by atoms with Crippen LogP contribution in [-0.4, -0.2) is 11.5 Å². The van der Waals surface area contributed by atoms with E-state index in [1.807, 2.05) is 36.7 Å². The normalized spacial score (nSPS) is 12.7. The maximum atomic E-state index is 14.0. The summed E-state index contributed by atoms with van der Waals surface area (Å²) in [6.07, 6.45) is 1.83. The second kappa shape index (κ2) is 5.69. The van der Waals surface area contributed by atoms with Gasteiger partial charge in [0.1, 0.15) is 5.82 Å². The number of benzene rings is 1. The number of rotatable bonds is 4. The highest BCUT2D eigenvalue weighted by molar-refractivity contribution is 7.17. The van der Waals surface area contributed by atoms with E-state index in [-0.39, 0.29) is 11.9 Å². The molecule has 4 heteroatoms. The molecule has 3 aromatic rings. The van der Waals surface area contributed by atoms with E-state index >= 15 is 0 Å². The van der Waals surface area contributed by atoms with Crippen molar-refractivity contribution in [3.8, 4) is 0 Å². The molecule has 0 saturated heterocycles. The van der Waals surface area contributed by atoms with Gasteiger partial charge < -0.3 is 5.32 Å². The van der Waals surface area contributed by atoms with E-state index in [0.29, 0.717) is 5.56 Å². The molecule has 102 valence electrons.